The van der Waals surface area contributed by atoms with Gasteiger partial charge in [0.05, 0.1) is 11.4 Å². The first kappa shape index (κ1) is 20.0. The number of nitrogens with one attached hydrogen (secondary N) is 2. The van der Waals surface area contributed by atoms with Crippen LogP contribution < -0.4 is 10.0 Å². The number of hydrogen-bond donors (Lipinski definition) is 2. The van der Waals surface area contributed by atoms with Gasteiger partial charge in [-0.25, -0.2) is 8.42 Å². The molecule has 9 heteroatoms. The van der Waals surface area contributed by atoms with E-state index in [1.165, 1.54) is 24.3 Å². The van der Waals surface area contributed by atoms with E-state index in [0.29, 0.717) is 17.6 Å². The molecule has 28 heavy (non-hydrogen) atoms. The second kappa shape index (κ2) is 8.12. The molecule has 1 saturated carbocycles. The van der Waals surface area contributed by atoms with Crippen LogP contribution in [0.15, 0.2) is 33.7 Å². The fourth-order valence-electron chi connectivity index (χ4n) is 2.64. The Hall–Kier alpha value is -2.70. The van der Waals surface area contributed by atoms with E-state index in [-0.39, 0.29) is 22.9 Å². The van der Waals surface area contributed by atoms with Gasteiger partial charge in [-0.1, -0.05) is 31.0 Å². The molecular formula is C19H22N4O4S. The summed E-state index contributed by atoms with van der Waals surface area (Å²) < 4.78 is 32.1. The fourth-order valence-corrected chi connectivity index (χ4v) is 3.62. The summed E-state index contributed by atoms with van der Waals surface area (Å²) in [7, 11) is -3.79. The molecular weight excluding hydrogens is 380 g/mol. The van der Waals surface area contributed by atoms with Crippen LogP contribution in [-0.4, -0.2) is 31.0 Å². The largest absolute Gasteiger partial charge is 0.340 e. The van der Waals surface area contributed by atoms with Gasteiger partial charge in [0.15, 0.2) is 5.82 Å². The van der Waals surface area contributed by atoms with Crippen LogP contribution in [-0.2, 0) is 10.0 Å². The van der Waals surface area contributed by atoms with Gasteiger partial charge in [-0.15, -0.1) is 6.42 Å². The number of carbonyl (C=O) groups excluding carboxylic acids is 1. The Morgan fingerprint density at radius 2 is 2.14 bits per heavy atom. The van der Waals surface area contributed by atoms with Gasteiger partial charge in [0.2, 0.25) is 15.9 Å². The lowest BCUT2D eigenvalue weighted by molar-refractivity contribution is 0.0913. The summed E-state index contributed by atoms with van der Waals surface area (Å²) in [5.74, 6) is 3.14. The minimum absolute atomic E-state index is 0.000614. The first-order valence-electron chi connectivity index (χ1n) is 8.99. The van der Waals surface area contributed by atoms with Crippen LogP contribution in [0.5, 0.6) is 0 Å². The van der Waals surface area contributed by atoms with Crippen LogP contribution in [0.2, 0.25) is 0 Å². The molecule has 0 aliphatic heterocycles. The summed E-state index contributed by atoms with van der Waals surface area (Å²) in [6.45, 7) is 3.72. The Balaban J connectivity index is 1.78. The summed E-state index contributed by atoms with van der Waals surface area (Å²) in [6.07, 6.45) is 7.19. The highest BCUT2D eigenvalue weighted by molar-refractivity contribution is 7.89. The highest BCUT2D eigenvalue weighted by Crippen LogP contribution is 2.38. The first-order valence-corrected chi connectivity index (χ1v) is 10.5. The second-order valence-corrected chi connectivity index (χ2v) is 8.78. The van der Waals surface area contributed by atoms with Crippen molar-refractivity contribution in [2.75, 3.05) is 6.54 Å². The second-order valence-electron chi connectivity index (χ2n) is 7.02. The van der Waals surface area contributed by atoms with Gasteiger partial charge in [0.1, 0.15) is 6.04 Å². The van der Waals surface area contributed by atoms with E-state index in [9.17, 15) is 13.2 Å². The summed E-state index contributed by atoms with van der Waals surface area (Å²) >= 11 is 0. The van der Waals surface area contributed by atoms with Gasteiger partial charge in [0, 0.05) is 11.5 Å². The van der Waals surface area contributed by atoms with Crippen molar-refractivity contribution in [3.8, 4) is 12.3 Å². The van der Waals surface area contributed by atoms with Crippen LogP contribution in [0.3, 0.4) is 0 Å². The zero-order valence-corrected chi connectivity index (χ0v) is 16.5. The van der Waals surface area contributed by atoms with Crippen LogP contribution >= 0.6 is 0 Å². The molecule has 1 unspecified atom stereocenters. The standard InChI is InChI=1S/C19H22N4O4S/c1-4-10-20-28(25,26)15-7-5-6-14(11-15)18(24)21-16(12(2)3)19-22-17(23-27-19)13-8-9-13/h1,5-7,11-13,16,20H,8-10H2,2-3H3,(H,21,24). The number of hydrogen-bond acceptors (Lipinski definition) is 6. The van der Waals surface area contributed by atoms with Gasteiger partial charge in [-0.2, -0.15) is 9.71 Å². The lowest BCUT2D eigenvalue weighted by atomic mass is 10.0. The molecule has 1 heterocycles. The zero-order chi connectivity index (χ0) is 20.3. The molecule has 3 rings (SSSR count). The number of sulfonamides is 1. The fraction of sp³-hybridized carbons (Fsp3) is 0.421. The molecule has 8 nitrogen and oxygen atoms in total. The maximum atomic E-state index is 12.7. The predicted molar refractivity (Wildman–Crippen MR) is 102 cm³/mol. The summed E-state index contributed by atoms with van der Waals surface area (Å²) in [4.78, 5) is 17.1. The molecule has 148 valence electrons. The van der Waals surface area contributed by atoms with Crippen LogP contribution in [0, 0.1) is 18.3 Å². The van der Waals surface area contributed by atoms with Crippen molar-refractivity contribution in [1.82, 2.24) is 20.2 Å². The van der Waals surface area contributed by atoms with Crippen molar-refractivity contribution in [2.24, 2.45) is 5.92 Å². The molecule has 2 N–H and O–H groups in total. The maximum Gasteiger partial charge on any atom is 0.251 e. The smallest absolute Gasteiger partial charge is 0.251 e. The molecule has 1 atom stereocenters. The van der Waals surface area contributed by atoms with Crippen molar-refractivity contribution in [3.63, 3.8) is 0 Å². The molecule has 1 aliphatic carbocycles. The van der Waals surface area contributed by atoms with Crippen molar-refractivity contribution >= 4 is 15.9 Å². The van der Waals surface area contributed by atoms with Gasteiger partial charge in [-0.05, 0) is 37.0 Å². The molecule has 0 saturated heterocycles. The lowest BCUT2D eigenvalue weighted by Crippen LogP contribution is -2.32. The number of carbonyl (C=O) groups is 1. The quantitative estimate of drug-likeness (QED) is 0.653. The van der Waals surface area contributed by atoms with Crippen molar-refractivity contribution < 1.29 is 17.7 Å². The lowest BCUT2D eigenvalue weighted by Gasteiger charge is -2.18. The van der Waals surface area contributed by atoms with E-state index in [0.717, 1.165) is 12.8 Å². The summed E-state index contributed by atoms with van der Waals surface area (Å²) in [5, 5.41) is 6.86. The van der Waals surface area contributed by atoms with Gasteiger partial charge in [-0.3, -0.25) is 4.79 Å². The molecule has 0 radical (unpaired) electrons. The minimum atomic E-state index is -3.79. The highest BCUT2D eigenvalue weighted by Gasteiger charge is 2.31. The van der Waals surface area contributed by atoms with E-state index in [4.69, 9.17) is 10.9 Å². The predicted octanol–water partition coefficient (Wildman–Crippen LogP) is 1.99. The molecule has 1 aliphatic rings. The summed E-state index contributed by atoms with van der Waals surface area (Å²) in [5.41, 5.74) is 0.205. The van der Waals surface area contributed by atoms with Crippen molar-refractivity contribution in [2.45, 2.75) is 43.5 Å². The Morgan fingerprint density at radius 3 is 2.79 bits per heavy atom. The molecule has 1 aromatic carbocycles. The van der Waals surface area contributed by atoms with Crippen molar-refractivity contribution in [1.29, 1.82) is 0 Å². The number of aromatic nitrogens is 2. The third-order valence-corrected chi connectivity index (χ3v) is 5.79. The molecule has 0 bridgehead atoms. The zero-order valence-electron chi connectivity index (χ0n) is 15.7. The molecule has 1 amide bonds. The average molecular weight is 402 g/mol. The van der Waals surface area contributed by atoms with Crippen LogP contribution in [0.1, 0.15) is 60.7 Å². The number of terminal acetylenes is 1. The number of nitrogens with zero attached hydrogens (tertiary/aromatic N) is 2. The number of amides is 1. The van der Waals surface area contributed by atoms with E-state index >= 15 is 0 Å². The monoisotopic (exact) mass is 402 g/mol. The van der Waals surface area contributed by atoms with E-state index in [1.54, 1.807) is 0 Å². The third-order valence-electron chi connectivity index (χ3n) is 4.39. The average Bonchev–Trinajstić information content (AvgIpc) is 3.41. The van der Waals surface area contributed by atoms with Crippen LogP contribution in [0.25, 0.3) is 0 Å². The minimum Gasteiger partial charge on any atom is -0.340 e. The summed E-state index contributed by atoms with van der Waals surface area (Å²) in [6, 6.07) is 5.26. The Bertz CT molecular complexity index is 1000. The van der Waals surface area contributed by atoms with E-state index < -0.39 is 22.0 Å². The molecule has 1 aromatic heterocycles. The Labute approximate surface area is 164 Å². The van der Waals surface area contributed by atoms with Gasteiger partial charge >= 0.3 is 0 Å². The Morgan fingerprint density at radius 1 is 1.39 bits per heavy atom. The number of rotatable bonds is 8. The SMILES string of the molecule is C#CCNS(=O)(=O)c1cccc(C(=O)NC(c2nc(C3CC3)no2)C(C)C)c1. The van der Waals surface area contributed by atoms with E-state index in [1.807, 2.05) is 13.8 Å². The molecule has 1 fully saturated rings. The maximum absolute atomic E-state index is 12.7. The van der Waals surface area contributed by atoms with Crippen LogP contribution in [0.4, 0.5) is 0 Å². The molecule has 2 aromatic rings. The van der Waals surface area contributed by atoms with Gasteiger partial charge < -0.3 is 9.84 Å². The topological polar surface area (TPSA) is 114 Å². The van der Waals surface area contributed by atoms with E-state index in [2.05, 4.69) is 26.1 Å². The third kappa shape index (κ3) is 4.58. The molecule has 0 spiro atoms. The Kier molecular flexibility index (Phi) is 5.82. The first-order chi connectivity index (χ1) is 13.3. The number of benzene rings is 1. The normalized spacial score (nSPS) is 15.2. The van der Waals surface area contributed by atoms with Gasteiger partial charge in [0.25, 0.3) is 5.91 Å². The highest BCUT2D eigenvalue weighted by atomic mass is 32.2. The van der Waals surface area contributed by atoms with Crippen molar-refractivity contribution in [3.05, 3.63) is 41.5 Å².